The van der Waals surface area contributed by atoms with E-state index in [-0.39, 0.29) is 13.2 Å². The molecule has 0 radical (unpaired) electrons. The highest BCUT2D eigenvalue weighted by atomic mass is 35.5. The van der Waals surface area contributed by atoms with Gasteiger partial charge in [-0.1, -0.05) is 46.9 Å². The first-order chi connectivity index (χ1) is 10.0. The highest BCUT2D eigenvalue weighted by Crippen LogP contribution is 2.33. The molecule has 0 bridgehead atoms. The second kappa shape index (κ2) is 6.99. The van der Waals surface area contributed by atoms with E-state index in [9.17, 15) is 10.2 Å². The van der Waals surface area contributed by atoms with Crippen LogP contribution in [0.2, 0.25) is 15.1 Å². The van der Waals surface area contributed by atoms with E-state index in [1.807, 2.05) is 6.07 Å². The van der Waals surface area contributed by atoms with Crippen LogP contribution in [0.15, 0.2) is 42.5 Å². The van der Waals surface area contributed by atoms with Crippen LogP contribution in [0.1, 0.15) is 11.1 Å². The van der Waals surface area contributed by atoms with Gasteiger partial charge in [-0.05, 0) is 47.9 Å². The topological polar surface area (TPSA) is 40.5 Å². The second-order valence-corrected chi connectivity index (χ2v) is 6.30. The molecule has 0 atom stereocenters. The Morgan fingerprint density at radius 3 is 2.14 bits per heavy atom. The average Bonchev–Trinajstić information content (AvgIpc) is 2.48. The molecule has 2 aromatic carbocycles. The third-order valence-corrected chi connectivity index (χ3v) is 4.42. The molecule has 0 amide bonds. The van der Waals surface area contributed by atoms with Crippen molar-refractivity contribution in [1.82, 2.24) is 0 Å². The number of aliphatic hydroxyl groups excluding tert-OH is 2. The van der Waals surface area contributed by atoms with Crippen LogP contribution in [0.4, 0.5) is 0 Å². The normalized spacial score (nSPS) is 11.7. The Bertz CT molecular complexity index is 625. The first-order valence-electron chi connectivity index (χ1n) is 6.42. The van der Waals surface area contributed by atoms with E-state index in [2.05, 4.69) is 0 Å². The van der Waals surface area contributed by atoms with Crippen molar-refractivity contribution in [3.05, 3.63) is 68.7 Å². The van der Waals surface area contributed by atoms with Gasteiger partial charge < -0.3 is 10.2 Å². The molecular weight excluding hydrogens is 331 g/mol. The van der Waals surface area contributed by atoms with Gasteiger partial charge in [-0.15, -0.1) is 0 Å². The molecule has 21 heavy (non-hydrogen) atoms. The molecule has 112 valence electrons. The summed E-state index contributed by atoms with van der Waals surface area (Å²) in [7, 11) is 0. The van der Waals surface area contributed by atoms with Crippen molar-refractivity contribution in [3.8, 4) is 0 Å². The number of benzene rings is 2. The highest BCUT2D eigenvalue weighted by molar-refractivity contribution is 6.33. The van der Waals surface area contributed by atoms with Crippen LogP contribution in [0.25, 0.3) is 0 Å². The monoisotopic (exact) mass is 344 g/mol. The summed E-state index contributed by atoms with van der Waals surface area (Å²) in [6.07, 6.45) is 0.361. The Kier molecular flexibility index (Phi) is 5.53. The van der Waals surface area contributed by atoms with E-state index >= 15 is 0 Å². The van der Waals surface area contributed by atoms with Gasteiger partial charge in [-0.2, -0.15) is 0 Å². The standard InChI is InChI=1S/C16H15Cl3O2/c17-13-3-1-2-12(7-13)16(9-20,10-21)8-11-6-14(18)4-5-15(11)19/h1-7,20-21H,8-10H2. The van der Waals surface area contributed by atoms with Crippen molar-refractivity contribution < 1.29 is 10.2 Å². The lowest BCUT2D eigenvalue weighted by molar-refractivity contribution is 0.116. The minimum atomic E-state index is -0.862. The molecule has 2 aromatic rings. The number of hydrogen-bond donors (Lipinski definition) is 2. The maximum atomic E-state index is 9.86. The van der Waals surface area contributed by atoms with Crippen LogP contribution < -0.4 is 0 Å². The molecule has 0 aromatic heterocycles. The molecule has 2 N–H and O–H groups in total. The van der Waals surface area contributed by atoms with Crippen LogP contribution in [-0.4, -0.2) is 23.4 Å². The first-order valence-corrected chi connectivity index (χ1v) is 7.56. The summed E-state index contributed by atoms with van der Waals surface area (Å²) < 4.78 is 0. The molecule has 0 heterocycles. The highest BCUT2D eigenvalue weighted by Gasteiger charge is 2.32. The molecule has 2 nitrogen and oxygen atoms in total. The largest absolute Gasteiger partial charge is 0.395 e. The molecule has 0 saturated carbocycles. The van der Waals surface area contributed by atoms with Gasteiger partial charge in [-0.3, -0.25) is 0 Å². The maximum absolute atomic E-state index is 9.86. The van der Waals surface area contributed by atoms with Crippen molar-refractivity contribution in [2.24, 2.45) is 0 Å². The third kappa shape index (κ3) is 3.71. The van der Waals surface area contributed by atoms with Crippen molar-refractivity contribution in [3.63, 3.8) is 0 Å². The number of aliphatic hydroxyl groups is 2. The minimum Gasteiger partial charge on any atom is -0.395 e. The zero-order chi connectivity index (χ0) is 15.5. The van der Waals surface area contributed by atoms with Gasteiger partial charge in [-0.25, -0.2) is 0 Å². The number of halogens is 3. The van der Waals surface area contributed by atoms with Crippen molar-refractivity contribution in [2.45, 2.75) is 11.8 Å². The van der Waals surface area contributed by atoms with Crippen molar-refractivity contribution in [1.29, 1.82) is 0 Å². The van der Waals surface area contributed by atoms with E-state index in [1.54, 1.807) is 36.4 Å². The maximum Gasteiger partial charge on any atom is 0.0553 e. The molecular formula is C16H15Cl3O2. The number of rotatable bonds is 5. The van der Waals surface area contributed by atoms with Gasteiger partial charge in [0.25, 0.3) is 0 Å². The lowest BCUT2D eigenvalue weighted by Gasteiger charge is -2.31. The van der Waals surface area contributed by atoms with Gasteiger partial charge in [0.05, 0.1) is 13.2 Å². The molecule has 2 rings (SSSR count). The summed E-state index contributed by atoms with van der Waals surface area (Å²) >= 11 is 18.2. The quantitative estimate of drug-likeness (QED) is 0.856. The second-order valence-electron chi connectivity index (χ2n) is 5.02. The fraction of sp³-hybridized carbons (Fsp3) is 0.250. The lowest BCUT2D eigenvalue weighted by atomic mass is 9.77. The molecule has 0 aliphatic heterocycles. The fourth-order valence-electron chi connectivity index (χ4n) is 2.31. The van der Waals surface area contributed by atoms with E-state index in [4.69, 9.17) is 34.8 Å². The van der Waals surface area contributed by atoms with Crippen LogP contribution >= 0.6 is 34.8 Å². The van der Waals surface area contributed by atoms with Crippen molar-refractivity contribution in [2.75, 3.05) is 13.2 Å². The Morgan fingerprint density at radius 2 is 1.52 bits per heavy atom. The van der Waals surface area contributed by atoms with E-state index < -0.39 is 5.41 Å². The molecule has 5 heteroatoms. The third-order valence-electron chi connectivity index (χ3n) is 3.58. The molecule has 0 unspecified atom stereocenters. The summed E-state index contributed by atoms with van der Waals surface area (Å²) in [5.74, 6) is 0. The minimum absolute atomic E-state index is 0.229. The van der Waals surface area contributed by atoms with Crippen molar-refractivity contribution >= 4 is 34.8 Å². The molecule has 0 spiro atoms. The predicted molar refractivity (Wildman–Crippen MR) is 87.5 cm³/mol. The van der Waals surface area contributed by atoms with Crippen LogP contribution in [0, 0.1) is 0 Å². The van der Waals surface area contributed by atoms with Crippen LogP contribution in [0.3, 0.4) is 0 Å². The van der Waals surface area contributed by atoms with Gasteiger partial charge in [0.2, 0.25) is 0 Å². The Labute approximate surface area is 138 Å². The summed E-state index contributed by atoms with van der Waals surface area (Å²) in [6, 6.07) is 12.3. The van der Waals surface area contributed by atoms with Gasteiger partial charge in [0.1, 0.15) is 0 Å². The summed E-state index contributed by atoms with van der Waals surface area (Å²) in [5, 5.41) is 21.4. The molecule has 0 aliphatic rings. The molecule has 0 saturated heterocycles. The SMILES string of the molecule is OCC(CO)(Cc1cc(Cl)ccc1Cl)c1cccc(Cl)c1. The van der Waals surface area contributed by atoms with E-state index in [0.717, 1.165) is 11.1 Å². The summed E-state index contributed by atoms with van der Waals surface area (Å²) in [5.41, 5.74) is 0.669. The van der Waals surface area contributed by atoms with Gasteiger partial charge >= 0.3 is 0 Å². The van der Waals surface area contributed by atoms with Gasteiger partial charge in [0, 0.05) is 20.5 Å². The van der Waals surface area contributed by atoms with Gasteiger partial charge in [0.15, 0.2) is 0 Å². The Hall–Kier alpha value is -0.770. The zero-order valence-electron chi connectivity index (χ0n) is 11.2. The van der Waals surface area contributed by atoms with E-state index in [1.165, 1.54) is 0 Å². The molecule has 0 aliphatic carbocycles. The summed E-state index contributed by atoms with van der Waals surface area (Å²) in [6.45, 7) is -0.459. The van der Waals surface area contributed by atoms with E-state index in [0.29, 0.717) is 21.5 Å². The lowest BCUT2D eigenvalue weighted by Crippen LogP contribution is -2.37. The predicted octanol–water partition coefficient (Wildman–Crippen LogP) is 4.11. The average molecular weight is 346 g/mol. The fourth-order valence-corrected chi connectivity index (χ4v) is 2.88. The van der Waals surface area contributed by atoms with Crippen LogP contribution in [-0.2, 0) is 11.8 Å². The Balaban J connectivity index is 2.45. The summed E-state index contributed by atoms with van der Waals surface area (Å²) in [4.78, 5) is 0. The first kappa shape index (κ1) is 16.6. The molecule has 0 fully saturated rings. The smallest absolute Gasteiger partial charge is 0.0553 e. The zero-order valence-corrected chi connectivity index (χ0v) is 13.5. The van der Waals surface area contributed by atoms with Crippen LogP contribution in [0.5, 0.6) is 0 Å². The Morgan fingerprint density at radius 1 is 0.857 bits per heavy atom. The number of hydrogen-bond acceptors (Lipinski definition) is 2.